The van der Waals surface area contributed by atoms with E-state index in [1.54, 1.807) is 12.1 Å². The molecule has 0 saturated heterocycles. The van der Waals surface area contributed by atoms with Crippen LogP contribution in [0.4, 0.5) is 0 Å². The molecule has 5 heteroatoms. The largest absolute Gasteiger partial charge is 0.485 e. The maximum absolute atomic E-state index is 11.0. The first-order valence-corrected chi connectivity index (χ1v) is 9.06. The molecule has 0 aliphatic carbocycles. The Morgan fingerprint density at radius 1 is 0.786 bits per heavy atom. The molecule has 0 fully saturated rings. The average Bonchev–Trinajstić information content (AvgIpc) is 2.73. The van der Waals surface area contributed by atoms with Gasteiger partial charge in [0.25, 0.3) is 0 Å². The number of ether oxygens (including phenoxy) is 2. The molecule has 0 saturated carbocycles. The summed E-state index contributed by atoms with van der Waals surface area (Å²) in [6.07, 6.45) is 0.218. The molecule has 3 aromatic rings. The average molecular weight is 377 g/mol. The number of rotatable bonds is 9. The van der Waals surface area contributed by atoms with Gasteiger partial charge >= 0.3 is 5.97 Å². The van der Waals surface area contributed by atoms with Gasteiger partial charge in [0.15, 0.2) is 11.5 Å². The monoisotopic (exact) mass is 377 g/mol. The third-order valence-electron chi connectivity index (χ3n) is 4.26. The summed E-state index contributed by atoms with van der Waals surface area (Å²) in [5, 5.41) is 9.05. The van der Waals surface area contributed by atoms with Gasteiger partial charge in [-0.3, -0.25) is 4.79 Å². The molecular weight excluding hydrogens is 354 g/mol. The van der Waals surface area contributed by atoms with Gasteiger partial charge in [0.2, 0.25) is 0 Å². The van der Waals surface area contributed by atoms with Crippen molar-refractivity contribution in [1.82, 2.24) is 0 Å². The lowest BCUT2D eigenvalue weighted by Gasteiger charge is -2.15. The van der Waals surface area contributed by atoms with Gasteiger partial charge in [0, 0.05) is 0 Å². The Morgan fingerprint density at radius 3 is 1.86 bits per heavy atom. The summed E-state index contributed by atoms with van der Waals surface area (Å²) >= 11 is 0. The van der Waals surface area contributed by atoms with Gasteiger partial charge in [-0.05, 0) is 35.2 Å². The Bertz CT molecular complexity index is 897. The van der Waals surface area contributed by atoms with Gasteiger partial charge in [-0.15, -0.1) is 0 Å². The van der Waals surface area contributed by atoms with Crippen molar-refractivity contribution < 1.29 is 19.4 Å². The maximum Gasteiger partial charge on any atom is 0.320 e. The molecule has 5 nitrogen and oxygen atoms in total. The third kappa shape index (κ3) is 5.59. The molecule has 0 aliphatic heterocycles. The molecule has 0 spiro atoms. The minimum atomic E-state index is -1.03. The second kappa shape index (κ2) is 9.58. The Kier molecular flexibility index (Phi) is 6.65. The van der Waals surface area contributed by atoms with Gasteiger partial charge in [-0.2, -0.15) is 0 Å². The van der Waals surface area contributed by atoms with E-state index in [1.807, 2.05) is 66.7 Å². The van der Waals surface area contributed by atoms with Crippen LogP contribution >= 0.6 is 0 Å². The van der Waals surface area contributed by atoms with Crippen LogP contribution < -0.4 is 15.2 Å². The first kappa shape index (κ1) is 19.5. The first-order valence-electron chi connectivity index (χ1n) is 9.06. The number of hydrogen-bond acceptors (Lipinski definition) is 4. The van der Waals surface area contributed by atoms with E-state index < -0.39 is 12.0 Å². The van der Waals surface area contributed by atoms with Gasteiger partial charge in [0.1, 0.15) is 19.3 Å². The summed E-state index contributed by atoms with van der Waals surface area (Å²) in [5.74, 6) is 0.137. The van der Waals surface area contributed by atoms with Crippen molar-refractivity contribution in [2.75, 3.05) is 0 Å². The number of hydrogen-bond donors (Lipinski definition) is 2. The second-order valence-electron chi connectivity index (χ2n) is 6.48. The molecule has 0 bridgehead atoms. The van der Waals surface area contributed by atoms with E-state index in [0.717, 1.165) is 16.7 Å². The molecule has 0 aromatic heterocycles. The minimum Gasteiger partial charge on any atom is -0.485 e. The van der Waals surface area contributed by atoms with E-state index in [9.17, 15) is 4.79 Å². The van der Waals surface area contributed by atoms with E-state index in [2.05, 4.69) is 0 Å². The number of aliphatic carboxylic acids is 1. The molecular formula is C23H23NO4. The molecule has 3 aromatic carbocycles. The van der Waals surface area contributed by atoms with Gasteiger partial charge < -0.3 is 20.3 Å². The molecule has 0 aliphatic rings. The summed E-state index contributed by atoms with van der Waals surface area (Å²) in [6.45, 7) is 0.799. The number of carbonyl (C=O) groups is 1. The zero-order chi connectivity index (χ0) is 19.8. The molecule has 0 radical (unpaired) electrons. The van der Waals surface area contributed by atoms with Crippen molar-refractivity contribution in [1.29, 1.82) is 0 Å². The second-order valence-corrected chi connectivity index (χ2v) is 6.48. The summed E-state index contributed by atoms with van der Waals surface area (Å²) in [4.78, 5) is 11.0. The van der Waals surface area contributed by atoms with Crippen molar-refractivity contribution in [2.45, 2.75) is 25.7 Å². The van der Waals surface area contributed by atoms with Crippen LogP contribution in [0.3, 0.4) is 0 Å². The number of carboxylic acid groups (broad SMARTS) is 1. The minimum absolute atomic E-state index is 0.218. The van der Waals surface area contributed by atoms with Crippen LogP contribution in [-0.2, 0) is 24.4 Å². The summed E-state index contributed by atoms with van der Waals surface area (Å²) in [5.41, 5.74) is 8.53. The number of carboxylic acids is 1. The zero-order valence-corrected chi connectivity index (χ0v) is 15.5. The SMILES string of the molecule is N[C@@H](Cc1ccc(OCc2ccccc2)c(OCc2ccccc2)c1)C(=O)O. The van der Waals surface area contributed by atoms with Crippen molar-refractivity contribution in [3.05, 3.63) is 95.6 Å². The van der Waals surface area contributed by atoms with Gasteiger partial charge in [0.05, 0.1) is 0 Å². The van der Waals surface area contributed by atoms with Crippen molar-refractivity contribution in [3.8, 4) is 11.5 Å². The van der Waals surface area contributed by atoms with Crippen molar-refractivity contribution >= 4 is 5.97 Å². The van der Waals surface area contributed by atoms with E-state index >= 15 is 0 Å². The van der Waals surface area contributed by atoms with Crippen LogP contribution in [0.1, 0.15) is 16.7 Å². The standard InChI is InChI=1S/C23H23NO4/c24-20(23(25)26)13-19-11-12-21(27-15-17-7-3-1-4-8-17)22(14-19)28-16-18-9-5-2-6-10-18/h1-12,14,20H,13,15-16,24H2,(H,25,26)/t20-/m0/s1. The zero-order valence-electron chi connectivity index (χ0n) is 15.5. The van der Waals surface area contributed by atoms with Gasteiger partial charge in [-0.25, -0.2) is 0 Å². The summed E-state index contributed by atoms with van der Waals surface area (Å²) in [6, 6.07) is 24.1. The van der Waals surface area contributed by atoms with E-state index in [0.29, 0.717) is 24.7 Å². The van der Waals surface area contributed by atoms with E-state index in [4.69, 9.17) is 20.3 Å². The Hall–Kier alpha value is -3.31. The Labute approximate surface area is 164 Å². The molecule has 28 heavy (non-hydrogen) atoms. The van der Waals surface area contributed by atoms with Crippen LogP contribution in [0.2, 0.25) is 0 Å². The van der Waals surface area contributed by atoms with Crippen molar-refractivity contribution in [3.63, 3.8) is 0 Å². The van der Waals surface area contributed by atoms with Crippen molar-refractivity contribution in [2.24, 2.45) is 5.73 Å². The fourth-order valence-electron chi connectivity index (χ4n) is 2.72. The van der Waals surface area contributed by atoms with Crippen LogP contribution in [0.25, 0.3) is 0 Å². The lowest BCUT2D eigenvalue weighted by molar-refractivity contribution is -0.138. The smallest absolute Gasteiger partial charge is 0.320 e. The molecule has 1 atom stereocenters. The maximum atomic E-state index is 11.0. The van der Waals surface area contributed by atoms with Crippen LogP contribution in [-0.4, -0.2) is 17.1 Å². The van der Waals surface area contributed by atoms with E-state index in [1.165, 1.54) is 0 Å². The molecule has 3 rings (SSSR count). The van der Waals surface area contributed by atoms with Crippen LogP contribution in [0, 0.1) is 0 Å². The normalized spacial score (nSPS) is 11.6. The highest BCUT2D eigenvalue weighted by atomic mass is 16.5. The van der Waals surface area contributed by atoms with E-state index in [-0.39, 0.29) is 6.42 Å². The Morgan fingerprint density at radius 2 is 1.32 bits per heavy atom. The summed E-state index contributed by atoms with van der Waals surface area (Å²) in [7, 11) is 0. The van der Waals surface area contributed by atoms with Crippen LogP contribution in [0.5, 0.6) is 11.5 Å². The predicted octanol–water partition coefficient (Wildman–Crippen LogP) is 3.80. The molecule has 144 valence electrons. The molecule has 0 heterocycles. The third-order valence-corrected chi connectivity index (χ3v) is 4.26. The highest BCUT2D eigenvalue weighted by Gasteiger charge is 2.14. The highest BCUT2D eigenvalue weighted by molar-refractivity contribution is 5.73. The lowest BCUT2D eigenvalue weighted by Crippen LogP contribution is -2.32. The Balaban J connectivity index is 1.76. The fourth-order valence-corrected chi connectivity index (χ4v) is 2.72. The molecule has 0 amide bonds. The highest BCUT2D eigenvalue weighted by Crippen LogP contribution is 2.30. The first-order chi connectivity index (χ1) is 13.6. The summed E-state index contributed by atoms with van der Waals surface area (Å²) < 4.78 is 11.9. The lowest BCUT2D eigenvalue weighted by atomic mass is 10.1. The van der Waals surface area contributed by atoms with Gasteiger partial charge in [-0.1, -0.05) is 66.7 Å². The predicted molar refractivity (Wildman–Crippen MR) is 107 cm³/mol. The topological polar surface area (TPSA) is 81.8 Å². The molecule has 0 unspecified atom stereocenters. The number of benzene rings is 3. The van der Waals surface area contributed by atoms with Crippen LogP contribution in [0.15, 0.2) is 78.9 Å². The fraction of sp³-hybridized carbons (Fsp3) is 0.174. The quantitative estimate of drug-likeness (QED) is 0.593. The number of nitrogens with two attached hydrogens (primary N) is 1. The molecule has 3 N–H and O–H groups in total.